The number of alkyl halides is 2. The maximum absolute atomic E-state index is 12.1. The zero-order valence-corrected chi connectivity index (χ0v) is 8.06. The van der Waals surface area contributed by atoms with E-state index in [-0.39, 0.29) is 32.0 Å². The Morgan fingerprint density at radius 3 is 2.57 bits per heavy atom. The summed E-state index contributed by atoms with van der Waals surface area (Å²) in [7, 11) is -4.54. The lowest BCUT2D eigenvalue weighted by Gasteiger charge is -2.17. The van der Waals surface area contributed by atoms with Gasteiger partial charge < -0.3 is 5.32 Å². The lowest BCUT2D eigenvalue weighted by molar-refractivity contribution is -0.120. The largest absolute Gasteiger partial charge is 0.355 e. The van der Waals surface area contributed by atoms with E-state index in [4.69, 9.17) is 0 Å². The molecule has 1 heterocycles. The molecule has 1 N–H and O–H groups in total. The zero-order valence-electron chi connectivity index (χ0n) is 7.24. The molecule has 1 amide bonds. The van der Waals surface area contributed by atoms with Crippen molar-refractivity contribution >= 4 is 15.9 Å². The fourth-order valence-electron chi connectivity index (χ4n) is 1.11. The summed E-state index contributed by atoms with van der Waals surface area (Å²) in [6.45, 7) is -0.207. The lowest BCUT2D eigenvalue weighted by Crippen LogP contribution is -2.37. The van der Waals surface area contributed by atoms with Crippen LogP contribution in [0.25, 0.3) is 0 Å². The summed E-state index contributed by atoms with van der Waals surface area (Å²) in [5.41, 5.74) is 0. The van der Waals surface area contributed by atoms with Crippen LogP contribution in [0.15, 0.2) is 0 Å². The molecule has 1 aliphatic rings. The van der Waals surface area contributed by atoms with Crippen molar-refractivity contribution in [2.24, 2.45) is 0 Å². The third-order valence-electron chi connectivity index (χ3n) is 1.86. The Morgan fingerprint density at radius 1 is 1.36 bits per heavy atom. The summed E-state index contributed by atoms with van der Waals surface area (Å²) < 4.78 is 46.8. The molecule has 14 heavy (non-hydrogen) atoms. The predicted octanol–water partition coefficient (Wildman–Crippen LogP) is -0.639. The van der Waals surface area contributed by atoms with E-state index in [0.717, 1.165) is 0 Å². The number of carbonyl (C=O) groups is 1. The standard InChI is InChI=1S/C6H10F2N2O3S/c7-6(8)14(12,13)10-3-1-5(11)9-2-4-10/h6H,1-4H2,(H,9,11). The monoisotopic (exact) mass is 228 g/mol. The molecule has 1 rings (SSSR count). The molecule has 0 aromatic heterocycles. The van der Waals surface area contributed by atoms with Crippen LogP contribution in [-0.2, 0) is 14.8 Å². The van der Waals surface area contributed by atoms with E-state index in [9.17, 15) is 22.0 Å². The first-order chi connectivity index (χ1) is 6.44. The van der Waals surface area contributed by atoms with Crippen LogP contribution in [0.1, 0.15) is 6.42 Å². The molecule has 5 nitrogen and oxygen atoms in total. The molecule has 0 aromatic rings. The minimum Gasteiger partial charge on any atom is -0.355 e. The molecule has 1 saturated heterocycles. The first kappa shape index (κ1) is 11.3. The van der Waals surface area contributed by atoms with Gasteiger partial charge in [0.15, 0.2) is 0 Å². The number of nitrogens with one attached hydrogen (secondary N) is 1. The normalized spacial score (nSPS) is 20.6. The van der Waals surface area contributed by atoms with Crippen LogP contribution in [0.5, 0.6) is 0 Å². The van der Waals surface area contributed by atoms with Crippen molar-refractivity contribution in [1.82, 2.24) is 9.62 Å². The van der Waals surface area contributed by atoms with Gasteiger partial charge in [0.1, 0.15) is 0 Å². The van der Waals surface area contributed by atoms with Crippen LogP contribution in [0.3, 0.4) is 0 Å². The number of rotatable bonds is 2. The van der Waals surface area contributed by atoms with Gasteiger partial charge in [0.2, 0.25) is 5.91 Å². The molecule has 0 bridgehead atoms. The molecular weight excluding hydrogens is 218 g/mol. The summed E-state index contributed by atoms with van der Waals surface area (Å²) in [4.78, 5) is 10.8. The Kier molecular flexibility index (Phi) is 3.38. The second-order valence-electron chi connectivity index (χ2n) is 2.80. The molecule has 0 saturated carbocycles. The van der Waals surface area contributed by atoms with E-state index >= 15 is 0 Å². The summed E-state index contributed by atoms with van der Waals surface area (Å²) in [6, 6.07) is 0. The third-order valence-corrected chi connectivity index (χ3v) is 3.39. The number of sulfonamides is 1. The average molecular weight is 228 g/mol. The van der Waals surface area contributed by atoms with Crippen molar-refractivity contribution in [1.29, 1.82) is 0 Å². The highest BCUT2D eigenvalue weighted by Crippen LogP contribution is 2.12. The van der Waals surface area contributed by atoms with Gasteiger partial charge in [-0.2, -0.15) is 13.1 Å². The maximum atomic E-state index is 12.1. The van der Waals surface area contributed by atoms with Crippen LogP contribution in [-0.4, -0.2) is 44.0 Å². The van der Waals surface area contributed by atoms with E-state index in [2.05, 4.69) is 5.32 Å². The molecule has 0 atom stereocenters. The van der Waals surface area contributed by atoms with Crippen LogP contribution >= 0.6 is 0 Å². The highest BCUT2D eigenvalue weighted by atomic mass is 32.2. The second kappa shape index (κ2) is 4.18. The molecular formula is C6H10F2N2O3S. The van der Waals surface area contributed by atoms with Crippen molar-refractivity contribution in [3.8, 4) is 0 Å². The first-order valence-electron chi connectivity index (χ1n) is 3.98. The number of carbonyl (C=O) groups excluding carboxylic acids is 1. The molecule has 0 aromatic carbocycles. The summed E-state index contributed by atoms with van der Waals surface area (Å²) in [5, 5.41) is 2.40. The van der Waals surface area contributed by atoms with Crippen molar-refractivity contribution in [2.75, 3.05) is 19.6 Å². The van der Waals surface area contributed by atoms with E-state index in [1.807, 2.05) is 0 Å². The molecule has 0 radical (unpaired) electrons. The van der Waals surface area contributed by atoms with Crippen LogP contribution in [0.4, 0.5) is 8.78 Å². The molecule has 8 heteroatoms. The Balaban J connectivity index is 2.74. The number of hydrogen-bond donors (Lipinski definition) is 1. The SMILES string of the molecule is O=C1CCN(S(=O)(=O)C(F)F)CCN1. The lowest BCUT2D eigenvalue weighted by atomic mass is 10.4. The van der Waals surface area contributed by atoms with Crippen LogP contribution in [0, 0.1) is 0 Å². The molecule has 0 spiro atoms. The van der Waals surface area contributed by atoms with Gasteiger partial charge >= 0.3 is 5.76 Å². The van der Waals surface area contributed by atoms with Crippen molar-refractivity contribution in [3.63, 3.8) is 0 Å². The van der Waals surface area contributed by atoms with E-state index in [1.165, 1.54) is 0 Å². The Hall–Kier alpha value is -0.760. The van der Waals surface area contributed by atoms with Gasteiger partial charge in [0.25, 0.3) is 10.0 Å². The number of amides is 1. The fourth-order valence-corrected chi connectivity index (χ4v) is 2.03. The Bertz CT molecular complexity index is 317. The minimum atomic E-state index is -4.54. The molecule has 1 aliphatic heterocycles. The van der Waals surface area contributed by atoms with E-state index < -0.39 is 15.8 Å². The molecule has 0 aliphatic carbocycles. The van der Waals surface area contributed by atoms with Gasteiger partial charge in [0, 0.05) is 26.1 Å². The summed E-state index contributed by atoms with van der Waals surface area (Å²) in [5.74, 6) is -3.74. The van der Waals surface area contributed by atoms with Crippen LogP contribution in [0.2, 0.25) is 0 Å². The Labute approximate surface area is 80.1 Å². The quantitative estimate of drug-likeness (QED) is 0.683. The minimum absolute atomic E-state index is 0.0742. The third kappa shape index (κ3) is 2.38. The molecule has 82 valence electrons. The zero-order chi connectivity index (χ0) is 10.8. The molecule has 1 fully saturated rings. The average Bonchev–Trinajstić information content (AvgIpc) is 2.29. The number of halogens is 2. The highest BCUT2D eigenvalue weighted by molar-refractivity contribution is 7.89. The Morgan fingerprint density at radius 2 is 2.00 bits per heavy atom. The van der Waals surface area contributed by atoms with Gasteiger partial charge in [-0.1, -0.05) is 0 Å². The number of hydrogen-bond acceptors (Lipinski definition) is 3. The smallest absolute Gasteiger partial charge is 0.350 e. The number of nitrogens with zero attached hydrogens (tertiary/aromatic N) is 1. The topological polar surface area (TPSA) is 66.5 Å². The van der Waals surface area contributed by atoms with E-state index in [1.54, 1.807) is 0 Å². The van der Waals surface area contributed by atoms with Crippen LogP contribution < -0.4 is 5.32 Å². The van der Waals surface area contributed by atoms with Gasteiger partial charge in [-0.25, -0.2) is 8.42 Å². The van der Waals surface area contributed by atoms with Gasteiger partial charge in [-0.15, -0.1) is 0 Å². The fraction of sp³-hybridized carbons (Fsp3) is 0.833. The van der Waals surface area contributed by atoms with Crippen molar-refractivity contribution < 1.29 is 22.0 Å². The summed E-state index contributed by atoms with van der Waals surface area (Å²) in [6.07, 6.45) is -0.0774. The summed E-state index contributed by atoms with van der Waals surface area (Å²) >= 11 is 0. The van der Waals surface area contributed by atoms with Gasteiger partial charge in [-0.3, -0.25) is 4.79 Å². The molecule has 0 unspecified atom stereocenters. The highest BCUT2D eigenvalue weighted by Gasteiger charge is 2.32. The van der Waals surface area contributed by atoms with E-state index in [0.29, 0.717) is 4.31 Å². The van der Waals surface area contributed by atoms with Gasteiger partial charge in [-0.05, 0) is 0 Å². The second-order valence-corrected chi connectivity index (χ2v) is 4.71. The predicted molar refractivity (Wildman–Crippen MR) is 44.1 cm³/mol. The van der Waals surface area contributed by atoms with Crippen molar-refractivity contribution in [3.05, 3.63) is 0 Å². The van der Waals surface area contributed by atoms with Crippen molar-refractivity contribution in [2.45, 2.75) is 12.2 Å². The van der Waals surface area contributed by atoms with Gasteiger partial charge in [0.05, 0.1) is 0 Å². The maximum Gasteiger partial charge on any atom is 0.350 e. The first-order valence-corrected chi connectivity index (χ1v) is 5.48.